The van der Waals surface area contributed by atoms with E-state index in [2.05, 4.69) is 19.7 Å². The molecule has 0 aliphatic heterocycles. The van der Waals surface area contributed by atoms with Gasteiger partial charge in [-0.15, -0.1) is 10.2 Å². The fourth-order valence-electron chi connectivity index (χ4n) is 1.29. The lowest BCUT2D eigenvalue weighted by Gasteiger charge is -2.17. The number of hydrogen-bond donors (Lipinski definition) is 0. The molecule has 0 saturated carbocycles. The molecule has 6 nitrogen and oxygen atoms in total. The summed E-state index contributed by atoms with van der Waals surface area (Å²) in [6.45, 7) is 5.61. The molecule has 0 aliphatic rings. The predicted octanol–water partition coefficient (Wildman–Crippen LogP) is 1.24. The predicted molar refractivity (Wildman–Crippen MR) is 71.8 cm³/mol. The monoisotopic (exact) mass is 265 g/mol. The van der Waals surface area contributed by atoms with Gasteiger partial charge in [0.2, 0.25) is 0 Å². The van der Waals surface area contributed by atoms with Crippen LogP contribution >= 0.6 is 0 Å². The zero-order chi connectivity index (χ0) is 13.3. The number of rotatable bonds is 2. The highest BCUT2D eigenvalue weighted by Crippen LogP contribution is 2.17. The van der Waals surface area contributed by atoms with Crippen molar-refractivity contribution >= 4 is 28.6 Å². The van der Waals surface area contributed by atoms with Crippen molar-refractivity contribution in [1.29, 1.82) is 0 Å². The van der Waals surface area contributed by atoms with Crippen molar-refractivity contribution in [2.24, 2.45) is 11.4 Å². The Morgan fingerprint density at radius 3 is 2.78 bits per heavy atom. The molecule has 2 aromatic rings. The Labute approximate surface area is 108 Å². The molecule has 0 N–H and O–H groups in total. The summed E-state index contributed by atoms with van der Waals surface area (Å²) in [6, 6.07) is 1.82. The second-order valence-corrected chi connectivity index (χ2v) is 6.85. The van der Waals surface area contributed by atoms with Gasteiger partial charge >= 0.3 is 0 Å². The van der Waals surface area contributed by atoms with Crippen LogP contribution in [0.15, 0.2) is 16.7 Å². The maximum atomic E-state index is 11.8. The molecule has 0 aliphatic carbocycles. The number of aryl methyl sites for hydroxylation is 1. The number of fused-ring (bicyclic) bond motifs is 1. The van der Waals surface area contributed by atoms with Gasteiger partial charge < -0.3 is 4.55 Å². The Bertz CT molecular complexity index is 587. The van der Waals surface area contributed by atoms with Crippen molar-refractivity contribution in [3.05, 3.63) is 18.0 Å². The average Bonchev–Trinajstić information content (AvgIpc) is 2.66. The first-order valence-corrected chi connectivity index (χ1v) is 6.60. The SMILES string of the molecule is Cn1ncc2cc(/C=N/[S+]([O-])C(C)(C)C)nnc21. The Morgan fingerprint density at radius 2 is 2.11 bits per heavy atom. The minimum Gasteiger partial charge on any atom is -0.591 e. The van der Waals surface area contributed by atoms with Crippen molar-refractivity contribution in [2.75, 3.05) is 0 Å². The molecule has 0 amide bonds. The quantitative estimate of drug-likeness (QED) is 0.604. The van der Waals surface area contributed by atoms with Gasteiger partial charge in [-0.05, 0) is 26.8 Å². The third kappa shape index (κ3) is 2.68. The van der Waals surface area contributed by atoms with Crippen LogP contribution in [0.5, 0.6) is 0 Å². The van der Waals surface area contributed by atoms with E-state index in [4.69, 9.17) is 0 Å². The maximum Gasteiger partial charge on any atom is 0.180 e. The van der Waals surface area contributed by atoms with Gasteiger partial charge in [0, 0.05) is 12.4 Å². The lowest BCUT2D eigenvalue weighted by atomic mass is 10.3. The first kappa shape index (κ1) is 13.0. The molecule has 96 valence electrons. The summed E-state index contributed by atoms with van der Waals surface area (Å²) in [5, 5.41) is 13.0. The van der Waals surface area contributed by atoms with Gasteiger partial charge in [0.1, 0.15) is 28.0 Å². The van der Waals surface area contributed by atoms with E-state index >= 15 is 0 Å². The van der Waals surface area contributed by atoms with Crippen LogP contribution in [0, 0.1) is 0 Å². The van der Waals surface area contributed by atoms with Crippen molar-refractivity contribution in [3.63, 3.8) is 0 Å². The largest absolute Gasteiger partial charge is 0.591 e. The fourth-order valence-corrected chi connectivity index (χ4v) is 1.81. The first-order chi connectivity index (χ1) is 8.38. The van der Waals surface area contributed by atoms with Gasteiger partial charge in [-0.1, -0.05) is 4.40 Å². The van der Waals surface area contributed by atoms with Gasteiger partial charge in [0.05, 0.1) is 6.20 Å². The van der Waals surface area contributed by atoms with Gasteiger partial charge in [0.15, 0.2) is 5.65 Å². The van der Waals surface area contributed by atoms with Gasteiger partial charge in [-0.25, -0.2) is 4.68 Å². The summed E-state index contributed by atoms with van der Waals surface area (Å²) in [4.78, 5) is 0. The standard InChI is InChI=1S/C11H15N5OS/c1-11(2,3)18(17)13-7-9-5-8-6-12-16(4)10(8)15-14-9/h5-7H,1-4H3/b13-7+. The second-order valence-electron chi connectivity index (χ2n) is 4.91. The molecule has 1 unspecified atom stereocenters. The molecule has 0 aromatic carbocycles. The molecule has 18 heavy (non-hydrogen) atoms. The zero-order valence-electron chi connectivity index (χ0n) is 10.8. The molecule has 2 heterocycles. The van der Waals surface area contributed by atoms with E-state index in [0.717, 1.165) is 5.39 Å². The molecule has 0 spiro atoms. The molecule has 0 fully saturated rings. The Kier molecular flexibility index (Phi) is 3.36. The lowest BCUT2D eigenvalue weighted by molar-refractivity contribution is 0.562. The number of hydrogen-bond acceptors (Lipinski definition) is 5. The van der Waals surface area contributed by atoms with Crippen molar-refractivity contribution in [2.45, 2.75) is 25.5 Å². The Balaban J connectivity index is 2.25. The molecular weight excluding hydrogens is 250 g/mol. The van der Waals surface area contributed by atoms with Gasteiger partial charge in [-0.2, -0.15) is 5.10 Å². The summed E-state index contributed by atoms with van der Waals surface area (Å²) in [5.41, 5.74) is 1.29. The molecule has 2 rings (SSSR count). The summed E-state index contributed by atoms with van der Waals surface area (Å²) in [6.07, 6.45) is 3.20. The molecule has 0 bridgehead atoms. The highest BCUT2D eigenvalue weighted by atomic mass is 32.2. The smallest absolute Gasteiger partial charge is 0.180 e. The number of aromatic nitrogens is 4. The highest BCUT2D eigenvalue weighted by Gasteiger charge is 2.25. The molecule has 0 saturated heterocycles. The van der Waals surface area contributed by atoms with Crippen LogP contribution < -0.4 is 0 Å². The molecular formula is C11H15N5OS. The van der Waals surface area contributed by atoms with E-state index in [1.54, 1.807) is 17.9 Å². The van der Waals surface area contributed by atoms with Crippen molar-refractivity contribution in [1.82, 2.24) is 20.0 Å². The topological polar surface area (TPSA) is 79.0 Å². The maximum absolute atomic E-state index is 11.8. The molecule has 0 radical (unpaired) electrons. The van der Waals surface area contributed by atoms with E-state index in [0.29, 0.717) is 11.3 Å². The Hall–Kier alpha value is -1.47. The summed E-state index contributed by atoms with van der Waals surface area (Å²) >= 11 is -1.29. The molecule has 7 heteroatoms. The van der Waals surface area contributed by atoms with Crippen LogP contribution in [0.1, 0.15) is 26.5 Å². The van der Waals surface area contributed by atoms with Crippen LogP contribution in [-0.2, 0) is 18.4 Å². The normalized spacial score (nSPS) is 14.5. The van der Waals surface area contributed by atoms with Crippen molar-refractivity contribution in [3.8, 4) is 0 Å². The van der Waals surface area contributed by atoms with Crippen LogP contribution in [0.3, 0.4) is 0 Å². The summed E-state index contributed by atoms with van der Waals surface area (Å²) in [5.74, 6) is 0. The van der Waals surface area contributed by atoms with Crippen LogP contribution in [-0.4, -0.2) is 35.5 Å². The van der Waals surface area contributed by atoms with E-state index in [1.807, 2.05) is 26.8 Å². The zero-order valence-corrected chi connectivity index (χ0v) is 11.6. The van der Waals surface area contributed by atoms with Crippen molar-refractivity contribution < 1.29 is 4.55 Å². The number of nitrogens with zero attached hydrogens (tertiary/aromatic N) is 5. The molecule has 1 atom stereocenters. The lowest BCUT2D eigenvalue weighted by Crippen LogP contribution is -2.25. The Morgan fingerprint density at radius 1 is 1.39 bits per heavy atom. The van der Waals surface area contributed by atoms with E-state index in [9.17, 15) is 4.55 Å². The van der Waals surface area contributed by atoms with Crippen LogP contribution in [0.4, 0.5) is 0 Å². The van der Waals surface area contributed by atoms with Crippen LogP contribution in [0.25, 0.3) is 11.0 Å². The summed E-state index contributed by atoms with van der Waals surface area (Å²) in [7, 11) is 1.80. The van der Waals surface area contributed by atoms with E-state index in [-0.39, 0.29) is 4.75 Å². The van der Waals surface area contributed by atoms with Crippen LogP contribution in [0.2, 0.25) is 0 Å². The minimum atomic E-state index is -1.29. The third-order valence-electron chi connectivity index (χ3n) is 2.30. The van der Waals surface area contributed by atoms with E-state index < -0.39 is 11.4 Å². The molecule has 2 aromatic heterocycles. The average molecular weight is 265 g/mol. The third-order valence-corrected chi connectivity index (χ3v) is 3.65. The first-order valence-electron chi connectivity index (χ1n) is 5.49. The summed E-state index contributed by atoms with van der Waals surface area (Å²) < 4.78 is 17.0. The second kappa shape index (κ2) is 4.66. The van der Waals surface area contributed by atoms with E-state index in [1.165, 1.54) is 6.21 Å². The van der Waals surface area contributed by atoms with Gasteiger partial charge in [-0.3, -0.25) is 0 Å². The minimum absolute atomic E-state index is 0.373. The highest BCUT2D eigenvalue weighted by molar-refractivity contribution is 7.91. The fraction of sp³-hybridized carbons (Fsp3) is 0.455. The van der Waals surface area contributed by atoms with Gasteiger partial charge in [0.25, 0.3) is 0 Å².